The number of imidazole rings is 2. The molecule has 4 atom stereocenters. The highest BCUT2D eigenvalue weighted by molar-refractivity contribution is 5.94. The quantitative estimate of drug-likeness (QED) is 0.132. The second-order valence-corrected chi connectivity index (χ2v) is 8.79. The highest BCUT2D eigenvalue weighted by Crippen LogP contribution is 2.07. The molecule has 0 saturated carbocycles. The van der Waals surface area contributed by atoms with E-state index >= 15 is 0 Å². The lowest BCUT2D eigenvalue weighted by Crippen LogP contribution is -2.59. The fourth-order valence-corrected chi connectivity index (χ4v) is 3.38. The van der Waals surface area contributed by atoms with Crippen molar-refractivity contribution in [1.29, 1.82) is 0 Å². The summed E-state index contributed by atoms with van der Waals surface area (Å²) in [6.07, 6.45) is 5.12. The van der Waals surface area contributed by atoms with E-state index in [0.717, 1.165) is 0 Å². The number of nitrogens with zero attached hydrogens (tertiary/aromatic N) is 2. The molecular formula is C22H32N8O7. The number of aromatic nitrogens is 4. The molecule has 15 nitrogen and oxygen atoms in total. The molecule has 2 heterocycles. The van der Waals surface area contributed by atoms with Crippen LogP contribution in [0.4, 0.5) is 0 Å². The van der Waals surface area contributed by atoms with Crippen LogP contribution in [0.25, 0.3) is 0 Å². The normalized spacial score (nSPS) is 14.3. The van der Waals surface area contributed by atoms with Crippen LogP contribution in [0.15, 0.2) is 25.0 Å². The van der Waals surface area contributed by atoms with Crippen LogP contribution in [0.3, 0.4) is 0 Å². The van der Waals surface area contributed by atoms with Crippen molar-refractivity contribution >= 4 is 29.7 Å². The predicted molar refractivity (Wildman–Crippen MR) is 128 cm³/mol. The fourth-order valence-electron chi connectivity index (χ4n) is 3.38. The number of hydrogen-bond acceptors (Lipinski definition) is 8. The molecule has 0 aliphatic rings. The summed E-state index contributed by atoms with van der Waals surface area (Å²) in [4.78, 5) is 74.5. The molecule has 2 aromatic rings. The van der Waals surface area contributed by atoms with Gasteiger partial charge >= 0.3 is 11.9 Å². The molecule has 0 aliphatic heterocycles. The van der Waals surface area contributed by atoms with Gasteiger partial charge in [0.25, 0.3) is 0 Å². The van der Waals surface area contributed by atoms with Gasteiger partial charge in [-0.15, -0.1) is 0 Å². The lowest BCUT2D eigenvalue weighted by Gasteiger charge is -2.26. The summed E-state index contributed by atoms with van der Waals surface area (Å²) >= 11 is 0. The Kier molecular flexibility index (Phi) is 10.7. The molecule has 0 bridgehead atoms. The number of carboxylic acids is 2. The molecule has 9 N–H and O–H groups in total. The van der Waals surface area contributed by atoms with Crippen molar-refractivity contribution < 1.29 is 34.2 Å². The average Bonchev–Trinajstić information content (AvgIpc) is 3.53. The van der Waals surface area contributed by atoms with Crippen LogP contribution in [0, 0.1) is 5.92 Å². The van der Waals surface area contributed by atoms with Gasteiger partial charge in [0.05, 0.1) is 18.7 Å². The summed E-state index contributed by atoms with van der Waals surface area (Å²) in [6.45, 7) is 3.34. The van der Waals surface area contributed by atoms with E-state index in [9.17, 15) is 29.1 Å². The van der Waals surface area contributed by atoms with E-state index in [-0.39, 0.29) is 25.7 Å². The lowest BCUT2D eigenvalue weighted by atomic mass is 10.0. The molecule has 0 radical (unpaired) electrons. The summed E-state index contributed by atoms with van der Waals surface area (Å²) < 4.78 is 0. The summed E-state index contributed by atoms with van der Waals surface area (Å²) in [7, 11) is 0. The molecule has 15 heteroatoms. The van der Waals surface area contributed by atoms with Crippen molar-refractivity contribution in [2.24, 2.45) is 11.7 Å². The van der Waals surface area contributed by atoms with Gasteiger partial charge in [-0.2, -0.15) is 0 Å². The Morgan fingerprint density at radius 1 is 0.865 bits per heavy atom. The number of hydrogen-bond donors (Lipinski definition) is 8. The van der Waals surface area contributed by atoms with Crippen molar-refractivity contribution in [3.8, 4) is 0 Å². The number of rotatable bonds is 15. The molecule has 3 amide bonds. The van der Waals surface area contributed by atoms with Gasteiger partial charge in [0.2, 0.25) is 17.7 Å². The number of nitrogens with one attached hydrogen (secondary N) is 5. The highest BCUT2D eigenvalue weighted by atomic mass is 16.4. The topological polar surface area (TPSA) is 245 Å². The molecule has 4 unspecified atom stereocenters. The minimum Gasteiger partial charge on any atom is -0.481 e. The molecule has 0 aliphatic carbocycles. The molecule has 0 spiro atoms. The average molecular weight is 521 g/mol. The number of nitrogens with two attached hydrogens (primary N) is 1. The Morgan fingerprint density at radius 3 is 1.86 bits per heavy atom. The van der Waals surface area contributed by atoms with E-state index < -0.39 is 59.7 Å². The van der Waals surface area contributed by atoms with E-state index in [2.05, 4.69) is 35.9 Å². The fraction of sp³-hybridized carbons (Fsp3) is 0.500. The van der Waals surface area contributed by atoms with E-state index in [1.165, 1.54) is 25.0 Å². The maximum absolute atomic E-state index is 13.1. The second-order valence-electron chi connectivity index (χ2n) is 8.79. The minimum absolute atomic E-state index is 0.0368. The monoisotopic (exact) mass is 520 g/mol. The van der Waals surface area contributed by atoms with Crippen LogP contribution in [0.1, 0.15) is 38.1 Å². The van der Waals surface area contributed by atoms with Crippen LogP contribution in [-0.2, 0) is 36.8 Å². The molecule has 0 saturated heterocycles. The number of amides is 3. The van der Waals surface area contributed by atoms with E-state index in [1.807, 2.05) is 0 Å². The number of carboxylic acid groups (broad SMARTS) is 2. The summed E-state index contributed by atoms with van der Waals surface area (Å²) in [5.74, 6) is -4.98. The zero-order valence-corrected chi connectivity index (χ0v) is 20.4. The van der Waals surface area contributed by atoms with E-state index in [0.29, 0.717) is 11.4 Å². The molecular weight excluding hydrogens is 488 g/mol. The van der Waals surface area contributed by atoms with Crippen molar-refractivity contribution in [3.05, 3.63) is 36.4 Å². The van der Waals surface area contributed by atoms with Crippen LogP contribution >= 0.6 is 0 Å². The minimum atomic E-state index is -1.30. The van der Waals surface area contributed by atoms with Crippen molar-refractivity contribution in [2.75, 3.05) is 0 Å². The summed E-state index contributed by atoms with van der Waals surface area (Å²) in [5.41, 5.74) is 6.74. The predicted octanol–water partition coefficient (Wildman–Crippen LogP) is -1.69. The van der Waals surface area contributed by atoms with Crippen molar-refractivity contribution in [1.82, 2.24) is 35.9 Å². The number of carbonyl (C=O) groups is 5. The Labute approximate surface area is 212 Å². The number of H-pyrrole nitrogens is 2. The SMILES string of the molecule is CC(C)C(NC(=O)C(N)CCC(=O)O)C(=O)NC(Cc1cnc[nH]1)C(=O)NC(Cc1cnc[nH]1)C(=O)O. The molecule has 2 aromatic heterocycles. The van der Waals surface area contributed by atoms with Gasteiger partial charge in [-0.3, -0.25) is 19.2 Å². The first-order valence-electron chi connectivity index (χ1n) is 11.5. The van der Waals surface area contributed by atoms with E-state index in [4.69, 9.17) is 10.8 Å². The molecule has 37 heavy (non-hydrogen) atoms. The summed E-state index contributed by atoms with van der Waals surface area (Å²) in [5, 5.41) is 25.9. The van der Waals surface area contributed by atoms with Crippen molar-refractivity contribution in [2.45, 2.75) is 63.7 Å². The Hall–Kier alpha value is -4.27. The lowest BCUT2D eigenvalue weighted by molar-refractivity contribution is -0.142. The largest absolute Gasteiger partial charge is 0.481 e. The maximum Gasteiger partial charge on any atom is 0.326 e. The maximum atomic E-state index is 13.1. The Morgan fingerprint density at radius 2 is 1.41 bits per heavy atom. The number of aromatic amines is 2. The second kappa shape index (κ2) is 13.7. The first-order chi connectivity index (χ1) is 17.5. The van der Waals surface area contributed by atoms with Gasteiger partial charge in [0.1, 0.15) is 18.1 Å². The third-order valence-corrected chi connectivity index (χ3v) is 5.46. The van der Waals surface area contributed by atoms with Gasteiger partial charge in [-0.05, 0) is 12.3 Å². The van der Waals surface area contributed by atoms with Crippen LogP contribution in [0.2, 0.25) is 0 Å². The first-order valence-corrected chi connectivity index (χ1v) is 11.5. The first kappa shape index (κ1) is 29.0. The zero-order chi connectivity index (χ0) is 27.5. The summed E-state index contributed by atoms with van der Waals surface area (Å²) in [6, 6.07) is -4.76. The number of aliphatic carboxylic acids is 2. The van der Waals surface area contributed by atoms with Gasteiger partial charge in [0, 0.05) is 43.0 Å². The van der Waals surface area contributed by atoms with Gasteiger partial charge in [0.15, 0.2) is 0 Å². The molecule has 0 aromatic carbocycles. The number of carbonyl (C=O) groups excluding carboxylic acids is 3. The van der Waals surface area contributed by atoms with Gasteiger partial charge in [-0.25, -0.2) is 14.8 Å². The molecule has 0 fully saturated rings. The third-order valence-electron chi connectivity index (χ3n) is 5.46. The van der Waals surface area contributed by atoms with Crippen LogP contribution < -0.4 is 21.7 Å². The standard InChI is InChI=1S/C22H32N8O7/c1-11(2)18(30-19(33)14(23)3-4-17(31)32)21(35)28-15(5-12-7-24-9-26-12)20(34)29-16(22(36)37)6-13-8-25-10-27-13/h7-11,14-16,18H,3-6,23H2,1-2H3,(H,24,26)(H,25,27)(H,28,35)(H,29,34)(H,30,33)(H,31,32)(H,36,37). The Balaban J connectivity index is 2.15. The van der Waals surface area contributed by atoms with Crippen molar-refractivity contribution in [3.63, 3.8) is 0 Å². The third kappa shape index (κ3) is 9.36. The van der Waals surface area contributed by atoms with Gasteiger partial charge in [-0.1, -0.05) is 13.8 Å². The highest BCUT2D eigenvalue weighted by Gasteiger charge is 2.32. The van der Waals surface area contributed by atoms with E-state index in [1.54, 1.807) is 13.8 Å². The zero-order valence-electron chi connectivity index (χ0n) is 20.4. The molecule has 2 rings (SSSR count). The van der Waals surface area contributed by atoms with Gasteiger partial charge < -0.3 is 41.9 Å². The smallest absolute Gasteiger partial charge is 0.326 e. The van der Waals surface area contributed by atoms with Crippen LogP contribution in [-0.4, -0.2) is 84.0 Å². The molecule has 202 valence electrons. The van der Waals surface area contributed by atoms with Crippen LogP contribution in [0.5, 0.6) is 0 Å². The Bertz CT molecular complexity index is 1060.